The predicted octanol–water partition coefficient (Wildman–Crippen LogP) is 6.06. The molecule has 0 unspecified atom stereocenters. The van der Waals surface area contributed by atoms with Crippen molar-refractivity contribution < 1.29 is 4.39 Å². The van der Waals surface area contributed by atoms with Crippen molar-refractivity contribution in [1.29, 1.82) is 0 Å². The zero-order chi connectivity index (χ0) is 12.6. The van der Waals surface area contributed by atoms with Crippen LogP contribution in [0.3, 0.4) is 0 Å². The first kappa shape index (κ1) is 13.4. The summed E-state index contributed by atoms with van der Waals surface area (Å²) >= 11 is 19.7. The number of hydrogen-bond donors (Lipinski definition) is 0. The minimum absolute atomic E-state index is 0.287. The summed E-state index contributed by atoms with van der Waals surface area (Å²) in [6.45, 7) is 0. The largest absolute Gasteiger partial charge is 0.206 e. The molecule has 2 aromatic rings. The van der Waals surface area contributed by atoms with Crippen molar-refractivity contribution in [2.45, 2.75) is 0 Å². The van der Waals surface area contributed by atoms with E-state index in [1.165, 1.54) is 6.07 Å². The Hall–Kier alpha value is -0.0300. The molecule has 0 bridgehead atoms. The Kier molecular flexibility index (Phi) is 4.18. The van der Waals surface area contributed by atoms with Crippen LogP contribution in [0.2, 0.25) is 15.1 Å². The van der Waals surface area contributed by atoms with Crippen LogP contribution in [-0.4, -0.2) is 0 Å². The van der Waals surface area contributed by atoms with Crippen molar-refractivity contribution in [3.05, 3.63) is 54.8 Å². The lowest BCUT2D eigenvalue weighted by Gasteiger charge is -2.07. The molecule has 0 nitrogen and oxygen atoms in total. The highest BCUT2D eigenvalue weighted by atomic mass is 127. The normalized spacial score (nSPS) is 10.6. The van der Waals surface area contributed by atoms with E-state index < -0.39 is 0 Å². The maximum Gasteiger partial charge on any atom is 0.137 e. The van der Waals surface area contributed by atoms with Crippen LogP contribution in [0, 0.1) is 9.39 Å². The molecule has 5 heteroatoms. The van der Waals surface area contributed by atoms with E-state index in [2.05, 4.69) is 0 Å². The Balaban J connectivity index is 2.60. The highest BCUT2D eigenvalue weighted by Crippen LogP contribution is 2.35. The maximum absolute atomic E-state index is 13.5. The van der Waals surface area contributed by atoms with Crippen LogP contribution in [0.15, 0.2) is 30.3 Å². The summed E-state index contributed by atoms with van der Waals surface area (Å²) in [5.41, 5.74) is 1.34. The van der Waals surface area contributed by atoms with Gasteiger partial charge in [-0.3, -0.25) is 0 Å². The van der Waals surface area contributed by atoms with Crippen LogP contribution in [-0.2, 0) is 0 Å². The second kappa shape index (κ2) is 5.31. The van der Waals surface area contributed by atoms with Gasteiger partial charge in [-0.25, -0.2) is 4.39 Å². The highest BCUT2D eigenvalue weighted by Gasteiger charge is 2.09. The molecule has 0 amide bonds. The van der Waals surface area contributed by atoms with Crippen molar-refractivity contribution in [3.8, 4) is 11.1 Å². The number of benzene rings is 2. The standard InChI is InChI=1S/C12H5Cl3FI/c13-8-5-10(15)9(14)4-7(8)6-1-2-12(17)11(16)3-6/h1-5H. The molecule has 17 heavy (non-hydrogen) atoms. The SMILES string of the molecule is Fc1cc(-c2cc(Cl)c(Cl)cc2Cl)ccc1I. The Bertz CT molecular complexity index is 584. The van der Waals surface area contributed by atoms with Gasteiger partial charge in [0.05, 0.1) is 10.0 Å². The van der Waals surface area contributed by atoms with Crippen molar-refractivity contribution in [1.82, 2.24) is 0 Å². The van der Waals surface area contributed by atoms with Gasteiger partial charge in [-0.15, -0.1) is 0 Å². The molecular weight excluding hydrogens is 396 g/mol. The zero-order valence-corrected chi connectivity index (χ0v) is 12.7. The smallest absolute Gasteiger partial charge is 0.137 e. The highest BCUT2D eigenvalue weighted by molar-refractivity contribution is 14.1. The number of hydrogen-bond acceptors (Lipinski definition) is 0. The van der Waals surface area contributed by atoms with E-state index in [1.807, 2.05) is 22.6 Å². The zero-order valence-electron chi connectivity index (χ0n) is 8.28. The summed E-state index contributed by atoms with van der Waals surface area (Å²) in [6.07, 6.45) is 0. The molecule has 0 aliphatic heterocycles. The molecule has 0 saturated heterocycles. The lowest BCUT2D eigenvalue weighted by molar-refractivity contribution is 0.621. The molecule has 0 fully saturated rings. The topological polar surface area (TPSA) is 0 Å². The van der Waals surface area contributed by atoms with E-state index in [-0.39, 0.29) is 5.82 Å². The fraction of sp³-hybridized carbons (Fsp3) is 0. The Morgan fingerprint density at radius 1 is 0.882 bits per heavy atom. The van der Waals surface area contributed by atoms with Crippen LogP contribution >= 0.6 is 57.4 Å². The summed E-state index contributed by atoms with van der Waals surface area (Å²) in [5, 5.41) is 1.22. The van der Waals surface area contributed by atoms with Gasteiger partial charge in [-0.1, -0.05) is 40.9 Å². The first-order valence-electron chi connectivity index (χ1n) is 4.59. The lowest BCUT2D eigenvalue weighted by Crippen LogP contribution is -1.86. The van der Waals surface area contributed by atoms with E-state index in [0.717, 1.165) is 0 Å². The molecule has 0 aliphatic carbocycles. The number of halogens is 5. The number of rotatable bonds is 1. The third kappa shape index (κ3) is 2.87. The molecule has 0 atom stereocenters. The van der Waals surface area contributed by atoms with Crippen LogP contribution in [0.4, 0.5) is 4.39 Å². The minimum Gasteiger partial charge on any atom is -0.206 e. The summed E-state index contributed by atoms with van der Waals surface area (Å²) in [6, 6.07) is 8.08. The van der Waals surface area contributed by atoms with Crippen molar-refractivity contribution in [3.63, 3.8) is 0 Å². The van der Waals surface area contributed by atoms with E-state index in [9.17, 15) is 4.39 Å². The van der Waals surface area contributed by atoms with E-state index >= 15 is 0 Å². The van der Waals surface area contributed by atoms with Crippen LogP contribution in [0.1, 0.15) is 0 Å². The molecule has 2 rings (SSSR count). The van der Waals surface area contributed by atoms with Gasteiger partial charge in [0.2, 0.25) is 0 Å². The second-order valence-corrected chi connectivity index (χ2v) is 5.76. The molecule has 0 aliphatic rings. The van der Waals surface area contributed by atoms with Gasteiger partial charge in [-0.2, -0.15) is 0 Å². The Labute approximate surface area is 127 Å². The summed E-state index contributed by atoms with van der Waals surface area (Å²) in [4.78, 5) is 0. The molecular formula is C12H5Cl3FI. The Morgan fingerprint density at radius 2 is 1.53 bits per heavy atom. The van der Waals surface area contributed by atoms with Crippen molar-refractivity contribution in [2.75, 3.05) is 0 Å². The van der Waals surface area contributed by atoms with E-state index in [1.54, 1.807) is 24.3 Å². The summed E-state index contributed by atoms with van der Waals surface area (Å²) < 4.78 is 14.0. The predicted molar refractivity (Wildman–Crippen MR) is 79.6 cm³/mol. The molecule has 2 aromatic carbocycles. The van der Waals surface area contributed by atoms with Gasteiger partial charge in [0.15, 0.2) is 0 Å². The third-order valence-corrected chi connectivity index (χ3v) is 4.15. The molecule has 0 saturated carbocycles. The molecule has 88 valence electrons. The fourth-order valence-corrected chi connectivity index (χ4v) is 2.40. The minimum atomic E-state index is -0.287. The average molecular weight is 401 g/mol. The maximum atomic E-state index is 13.5. The van der Waals surface area contributed by atoms with Crippen molar-refractivity contribution in [2.24, 2.45) is 0 Å². The first-order chi connectivity index (χ1) is 7.99. The fourth-order valence-electron chi connectivity index (χ4n) is 1.41. The Morgan fingerprint density at radius 3 is 2.18 bits per heavy atom. The van der Waals surface area contributed by atoms with Gasteiger partial charge in [0, 0.05) is 14.2 Å². The lowest BCUT2D eigenvalue weighted by atomic mass is 10.1. The average Bonchev–Trinajstić information content (AvgIpc) is 2.27. The third-order valence-electron chi connectivity index (χ3n) is 2.24. The van der Waals surface area contributed by atoms with Gasteiger partial charge in [-0.05, 0) is 52.4 Å². The van der Waals surface area contributed by atoms with Crippen LogP contribution in [0.25, 0.3) is 11.1 Å². The summed E-state index contributed by atoms with van der Waals surface area (Å²) in [5.74, 6) is -0.287. The van der Waals surface area contributed by atoms with Gasteiger partial charge in [0.25, 0.3) is 0 Å². The van der Waals surface area contributed by atoms with E-state index in [0.29, 0.717) is 29.8 Å². The second-order valence-electron chi connectivity index (χ2n) is 3.38. The summed E-state index contributed by atoms with van der Waals surface area (Å²) in [7, 11) is 0. The van der Waals surface area contributed by atoms with Crippen LogP contribution in [0.5, 0.6) is 0 Å². The monoisotopic (exact) mass is 400 g/mol. The quantitative estimate of drug-likeness (QED) is 0.403. The van der Waals surface area contributed by atoms with Gasteiger partial charge < -0.3 is 0 Å². The van der Waals surface area contributed by atoms with Gasteiger partial charge in [0.1, 0.15) is 5.82 Å². The molecule has 0 spiro atoms. The van der Waals surface area contributed by atoms with Crippen molar-refractivity contribution >= 4 is 57.4 Å². The molecule has 0 N–H and O–H groups in total. The molecule has 0 heterocycles. The molecule has 0 radical (unpaired) electrons. The first-order valence-corrected chi connectivity index (χ1v) is 6.80. The molecule has 0 aromatic heterocycles. The van der Waals surface area contributed by atoms with Crippen LogP contribution < -0.4 is 0 Å². The van der Waals surface area contributed by atoms with Gasteiger partial charge >= 0.3 is 0 Å². The van der Waals surface area contributed by atoms with E-state index in [4.69, 9.17) is 34.8 Å².